The number of anilines is 4. The van der Waals surface area contributed by atoms with E-state index >= 15 is 8.78 Å². The summed E-state index contributed by atoms with van der Waals surface area (Å²) in [6, 6.07) is 20.2. The number of halogens is 7. The first-order valence-corrected chi connectivity index (χ1v) is 17.5. The van der Waals surface area contributed by atoms with Crippen molar-refractivity contribution in [2.75, 3.05) is 15.1 Å². The van der Waals surface area contributed by atoms with Crippen molar-refractivity contribution in [3.8, 4) is 5.75 Å². The van der Waals surface area contributed by atoms with Gasteiger partial charge in [0.15, 0.2) is 33.0 Å². The van der Waals surface area contributed by atoms with Gasteiger partial charge >= 0.3 is 0 Å². The fraction of sp³-hybridized carbons (Fsp3) is 0.231. The van der Waals surface area contributed by atoms with Crippen LogP contribution in [0, 0.1) is 53.8 Å². The van der Waals surface area contributed by atoms with E-state index in [-0.39, 0.29) is 33.9 Å². The first kappa shape index (κ1) is 35.7. The first-order valence-electron chi connectivity index (χ1n) is 16.7. The highest BCUT2D eigenvalue weighted by Crippen LogP contribution is 2.67. The largest absolute Gasteiger partial charge is 0.507 e. The fourth-order valence-electron chi connectivity index (χ4n) is 8.46. The molecular weight excluding hydrogens is 756 g/mol. The number of nitrogens with one attached hydrogen (secondary N) is 1. The monoisotopic (exact) mass is 781 g/mol. The minimum absolute atomic E-state index is 0.0416. The fourth-order valence-corrected chi connectivity index (χ4v) is 9.39. The summed E-state index contributed by atoms with van der Waals surface area (Å²) in [5.41, 5.74) is 0.319. The third kappa shape index (κ3) is 4.73. The van der Waals surface area contributed by atoms with E-state index in [4.69, 9.17) is 23.2 Å². The predicted octanol–water partition coefficient (Wildman–Crippen LogP) is 7.91. The van der Waals surface area contributed by atoms with E-state index in [0.717, 1.165) is 10.6 Å². The third-order valence-corrected chi connectivity index (χ3v) is 12.4. The van der Waals surface area contributed by atoms with Crippen molar-refractivity contribution >= 4 is 69.6 Å². The summed E-state index contributed by atoms with van der Waals surface area (Å²) in [4.78, 5) is 52.5. The van der Waals surface area contributed by atoms with Crippen LogP contribution in [0.25, 0.3) is 0 Å². The van der Waals surface area contributed by atoms with E-state index in [9.17, 15) is 37.5 Å². The zero-order valence-corrected chi connectivity index (χ0v) is 29.4. The molecular formula is C39H26Cl2F5N3O5. The molecule has 0 radical (unpaired) electrons. The summed E-state index contributed by atoms with van der Waals surface area (Å²) in [6.45, 7) is 1.53. The van der Waals surface area contributed by atoms with Gasteiger partial charge in [0.25, 0.3) is 11.8 Å². The molecule has 3 fully saturated rings. The van der Waals surface area contributed by atoms with Crippen LogP contribution in [0.15, 0.2) is 84.4 Å². The Kier molecular flexibility index (Phi) is 8.20. The van der Waals surface area contributed by atoms with Crippen molar-refractivity contribution in [2.24, 2.45) is 17.8 Å². The van der Waals surface area contributed by atoms with Gasteiger partial charge in [-0.05, 0) is 67.6 Å². The van der Waals surface area contributed by atoms with Crippen molar-refractivity contribution in [1.82, 2.24) is 0 Å². The van der Waals surface area contributed by atoms with Crippen LogP contribution in [-0.4, -0.2) is 38.5 Å². The van der Waals surface area contributed by atoms with E-state index < -0.39 is 98.2 Å². The lowest BCUT2D eigenvalue weighted by molar-refractivity contribution is -0.125. The maximum absolute atomic E-state index is 15.3. The second kappa shape index (κ2) is 12.4. The Hall–Kier alpha value is -5.27. The van der Waals surface area contributed by atoms with Crippen molar-refractivity contribution in [2.45, 2.75) is 35.4 Å². The average Bonchev–Trinajstić information content (AvgIpc) is 3.50. The number of amides is 4. The van der Waals surface area contributed by atoms with E-state index in [0.29, 0.717) is 11.3 Å². The number of carbonyl (C=O) groups excluding carboxylic acids is 4. The van der Waals surface area contributed by atoms with Gasteiger partial charge in [0.1, 0.15) is 11.4 Å². The van der Waals surface area contributed by atoms with Crippen LogP contribution < -0.4 is 15.1 Å². The summed E-state index contributed by atoms with van der Waals surface area (Å²) in [7, 11) is 0. The number of aryl methyl sites for hydroxylation is 1. The van der Waals surface area contributed by atoms with Gasteiger partial charge in [-0.3, -0.25) is 24.1 Å². The molecule has 4 aromatic rings. The van der Waals surface area contributed by atoms with Crippen LogP contribution in [-0.2, 0) is 19.2 Å². The quantitative estimate of drug-likeness (QED) is 0.0533. The number of benzene rings is 4. The lowest BCUT2D eigenvalue weighted by Gasteiger charge is -2.50. The second-order valence-electron chi connectivity index (χ2n) is 13.8. The van der Waals surface area contributed by atoms with Gasteiger partial charge in [-0.15, -0.1) is 23.2 Å². The number of aromatic hydroxyl groups is 1. The summed E-state index contributed by atoms with van der Waals surface area (Å²) in [5, 5.41) is 14.6. The Morgan fingerprint density at radius 2 is 1.33 bits per heavy atom. The van der Waals surface area contributed by atoms with Crippen molar-refractivity contribution in [3.63, 3.8) is 0 Å². The second-order valence-corrected chi connectivity index (χ2v) is 15.0. The van der Waals surface area contributed by atoms with Gasteiger partial charge in [0, 0.05) is 22.9 Å². The Morgan fingerprint density at radius 1 is 0.722 bits per heavy atom. The summed E-state index contributed by atoms with van der Waals surface area (Å²) >= 11 is 14.3. The molecule has 6 atom stereocenters. The Bertz CT molecular complexity index is 2330. The number of phenols is 1. The summed E-state index contributed by atoms with van der Waals surface area (Å²) in [6.07, 6.45) is 0.872. The number of hydrogen-bond acceptors (Lipinski definition) is 6. The zero-order valence-electron chi connectivity index (χ0n) is 27.8. The smallest absolute Gasteiger partial charge is 0.258 e. The maximum atomic E-state index is 15.3. The van der Waals surface area contributed by atoms with Crippen LogP contribution in [0.4, 0.5) is 44.7 Å². The number of phenolic OH excluding ortho intramolecular Hbond substituents is 1. The number of allylic oxidation sites excluding steroid dienone is 2. The number of alkyl halides is 2. The number of carbonyl (C=O) groups is 4. The topological polar surface area (TPSA) is 107 Å². The molecule has 2 aliphatic carbocycles. The van der Waals surface area contributed by atoms with Crippen LogP contribution in [0.3, 0.4) is 0 Å². The van der Waals surface area contributed by atoms with Crippen molar-refractivity contribution in [3.05, 3.63) is 125 Å². The SMILES string of the molecule is Cc1cccc([C@H]2C3=CC[C@@H]4C(=O)N(c5ccc(Nc6ccccc6)cc5)C(=O)[C@@H]4[C@@H]3C[C@@]3(Cl)C(=O)N(c4c(F)c(F)c(F)c(F)c4F)C(=O)[C@@]23Cl)c1O. The summed E-state index contributed by atoms with van der Waals surface area (Å²) in [5.74, 6) is -22.0. The number of para-hydroxylation sites is 2. The van der Waals surface area contributed by atoms with E-state index in [2.05, 4.69) is 5.32 Å². The van der Waals surface area contributed by atoms with Gasteiger partial charge in [-0.2, -0.15) is 0 Å². The van der Waals surface area contributed by atoms with Gasteiger partial charge in [-0.25, -0.2) is 26.9 Å². The molecule has 8 nitrogen and oxygen atoms in total. The molecule has 54 heavy (non-hydrogen) atoms. The van der Waals surface area contributed by atoms with Crippen LogP contribution >= 0.6 is 23.2 Å². The third-order valence-electron chi connectivity index (χ3n) is 11.0. The van der Waals surface area contributed by atoms with Gasteiger partial charge < -0.3 is 10.4 Å². The molecule has 2 heterocycles. The standard InChI is InChI=1S/C39H26Cl2F5N3O5/c1-17-6-5-9-23(33(17)50)26-21-14-15-22-25(35(52)48(34(22)51)20-12-10-19(11-13-20)47-18-7-3-2-4-8-18)24(21)16-38(40)36(53)49(37(54)39(26,38)41)32-30(45)28(43)27(42)29(44)31(32)46/h2-14,22,24-26,47,50H,15-16H2,1H3/t22-,24+,25-,26+,38+,39-/m0/s1. The van der Waals surface area contributed by atoms with Crippen molar-refractivity contribution in [1.29, 1.82) is 0 Å². The molecule has 4 aromatic carbocycles. The normalized spacial score (nSPS) is 27.5. The minimum Gasteiger partial charge on any atom is -0.507 e. The maximum Gasteiger partial charge on any atom is 0.258 e. The minimum atomic E-state index is -2.74. The Balaban J connectivity index is 1.24. The highest BCUT2D eigenvalue weighted by Gasteiger charge is 2.77. The Labute approximate surface area is 313 Å². The van der Waals surface area contributed by atoms with E-state index in [1.807, 2.05) is 30.3 Å². The molecule has 276 valence electrons. The summed E-state index contributed by atoms with van der Waals surface area (Å²) < 4.78 is 73.6. The highest BCUT2D eigenvalue weighted by molar-refractivity contribution is 6.58. The molecule has 2 saturated heterocycles. The van der Waals surface area contributed by atoms with Gasteiger partial charge in [-0.1, -0.05) is 48.0 Å². The molecule has 0 bridgehead atoms. The number of rotatable bonds is 5. The number of hydrogen-bond donors (Lipinski definition) is 2. The lowest BCUT2D eigenvalue weighted by atomic mass is 9.56. The molecule has 0 spiro atoms. The van der Waals surface area contributed by atoms with Gasteiger partial charge in [0.2, 0.25) is 17.6 Å². The molecule has 4 aliphatic rings. The number of imide groups is 2. The van der Waals surface area contributed by atoms with Crippen LogP contribution in [0.2, 0.25) is 0 Å². The first-order chi connectivity index (χ1) is 25.6. The Morgan fingerprint density at radius 3 is 1.98 bits per heavy atom. The average molecular weight is 783 g/mol. The molecule has 2 aliphatic heterocycles. The molecule has 8 rings (SSSR count). The molecule has 1 saturated carbocycles. The molecule has 2 N–H and O–H groups in total. The predicted molar refractivity (Wildman–Crippen MR) is 188 cm³/mol. The molecule has 15 heteroatoms. The number of fused-ring (bicyclic) bond motifs is 4. The lowest BCUT2D eigenvalue weighted by Crippen LogP contribution is -2.60. The molecule has 0 unspecified atom stereocenters. The zero-order chi connectivity index (χ0) is 38.6. The highest BCUT2D eigenvalue weighted by atomic mass is 35.5. The van der Waals surface area contributed by atoms with Crippen LogP contribution in [0.1, 0.15) is 29.9 Å². The van der Waals surface area contributed by atoms with Gasteiger partial charge in [0.05, 0.1) is 17.5 Å². The molecule has 4 amide bonds. The van der Waals surface area contributed by atoms with Crippen molar-refractivity contribution < 1.29 is 46.2 Å². The van der Waals surface area contributed by atoms with Crippen LogP contribution in [0.5, 0.6) is 5.75 Å². The van der Waals surface area contributed by atoms with E-state index in [1.54, 1.807) is 30.3 Å². The molecule has 0 aromatic heterocycles. The van der Waals surface area contributed by atoms with E-state index in [1.165, 1.54) is 25.1 Å². The number of nitrogens with zero attached hydrogens (tertiary/aromatic N) is 2.